The van der Waals surface area contributed by atoms with Crippen molar-refractivity contribution < 1.29 is 4.79 Å². The fraction of sp³-hybridized carbons (Fsp3) is 0.222. The van der Waals surface area contributed by atoms with Crippen molar-refractivity contribution >= 4 is 11.6 Å². The average Bonchev–Trinajstić information content (AvgIpc) is 2.15. The number of benzene rings is 1. The lowest BCUT2D eigenvalue weighted by atomic mass is 10.3. The number of carbonyl (C=O) groups excluding carboxylic acids is 1. The summed E-state index contributed by atoms with van der Waals surface area (Å²) in [7, 11) is 0. The molecular formula is C9H13N3O. The summed E-state index contributed by atoms with van der Waals surface area (Å²) in [6, 6.07) is 8.85. The van der Waals surface area contributed by atoms with E-state index in [1.165, 1.54) is 0 Å². The van der Waals surface area contributed by atoms with E-state index in [0.29, 0.717) is 0 Å². The number of hydrazine groups is 1. The average molecular weight is 179 g/mol. The first-order valence-electron chi connectivity index (χ1n) is 4.06. The highest BCUT2D eigenvalue weighted by atomic mass is 16.2. The van der Waals surface area contributed by atoms with Crippen LogP contribution in [0.2, 0.25) is 0 Å². The summed E-state index contributed by atoms with van der Waals surface area (Å²) in [5.74, 6) is -0.233. The largest absolute Gasteiger partial charge is 0.320 e. The smallest absolute Gasteiger partial charge is 0.254 e. The lowest BCUT2D eigenvalue weighted by molar-refractivity contribution is -0.121. The van der Waals surface area contributed by atoms with Gasteiger partial charge in [-0.25, -0.2) is 0 Å². The van der Waals surface area contributed by atoms with E-state index < -0.39 is 6.04 Å². The third kappa shape index (κ3) is 3.13. The predicted molar refractivity (Wildman–Crippen MR) is 51.9 cm³/mol. The minimum Gasteiger partial charge on any atom is -0.320 e. The van der Waals surface area contributed by atoms with Gasteiger partial charge in [0.25, 0.3) is 5.91 Å². The molecule has 0 saturated heterocycles. The van der Waals surface area contributed by atoms with Crippen molar-refractivity contribution in [3.05, 3.63) is 30.3 Å². The fourth-order valence-corrected chi connectivity index (χ4v) is 0.769. The Balaban J connectivity index is 2.40. The first kappa shape index (κ1) is 9.54. The van der Waals surface area contributed by atoms with Crippen LogP contribution in [0.1, 0.15) is 6.92 Å². The zero-order valence-electron chi connectivity index (χ0n) is 7.45. The molecule has 1 unspecified atom stereocenters. The van der Waals surface area contributed by atoms with E-state index >= 15 is 0 Å². The van der Waals surface area contributed by atoms with Crippen LogP contribution in [0.4, 0.5) is 5.69 Å². The Hall–Kier alpha value is -1.55. The van der Waals surface area contributed by atoms with Crippen molar-refractivity contribution in [2.45, 2.75) is 13.0 Å². The molecule has 0 saturated carbocycles. The predicted octanol–water partition coefficient (Wildman–Crippen LogP) is 0.477. The molecule has 0 fully saturated rings. The molecule has 0 aliphatic rings. The van der Waals surface area contributed by atoms with Gasteiger partial charge in [-0.3, -0.25) is 15.6 Å². The van der Waals surface area contributed by atoms with Crippen LogP contribution >= 0.6 is 0 Å². The topological polar surface area (TPSA) is 67.2 Å². The molecule has 0 radical (unpaired) electrons. The molecule has 1 rings (SSSR count). The molecule has 1 aromatic rings. The van der Waals surface area contributed by atoms with Gasteiger partial charge in [-0.15, -0.1) is 0 Å². The van der Waals surface area contributed by atoms with Crippen LogP contribution in [0.25, 0.3) is 0 Å². The van der Waals surface area contributed by atoms with Gasteiger partial charge in [0.1, 0.15) is 0 Å². The lowest BCUT2D eigenvalue weighted by Gasteiger charge is -2.09. The summed E-state index contributed by atoms with van der Waals surface area (Å²) in [4.78, 5) is 11.0. The van der Waals surface area contributed by atoms with Crippen LogP contribution in [-0.2, 0) is 4.79 Å². The number of nitrogens with one attached hydrogen (secondary N) is 2. The van der Waals surface area contributed by atoms with Gasteiger partial charge in [0.15, 0.2) is 0 Å². The summed E-state index contributed by atoms with van der Waals surface area (Å²) >= 11 is 0. The Morgan fingerprint density at radius 2 is 2.00 bits per heavy atom. The number of nitrogens with two attached hydrogens (primary N) is 1. The van der Waals surface area contributed by atoms with E-state index in [1.54, 1.807) is 6.92 Å². The molecule has 1 atom stereocenters. The van der Waals surface area contributed by atoms with Crippen molar-refractivity contribution in [1.82, 2.24) is 5.43 Å². The van der Waals surface area contributed by atoms with Crippen LogP contribution < -0.4 is 16.6 Å². The van der Waals surface area contributed by atoms with Crippen molar-refractivity contribution in [1.29, 1.82) is 0 Å². The van der Waals surface area contributed by atoms with Crippen molar-refractivity contribution in [3.8, 4) is 0 Å². The Morgan fingerprint density at radius 3 is 2.54 bits per heavy atom. The molecule has 13 heavy (non-hydrogen) atoms. The quantitative estimate of drug-likeness (QED) is 0.591. The van der Waals surface area contributed by atoms with Gasteiger partial charge >= 0.3 is 0 Å². The second-order valence-corrected chi connectivity index (χ2v) is 2.77. The maximum Gasteiger partial charge on any atom is 0.254 e. The summed E-state index contributed by atoms with van der Waals surface area (Å²) in [5.41, 5.74) is 11.4. The van der Waals surface area contributed by atoms with Crippen molar-refractivity contribution in [3.63, 3.8) is 0 Å². The van der Waals surface area contributed by atoms with E-state index in [9.17, 15) is 4.79 Å². The molecular weight excluding hydrogens is 166 g/mol. The number of anilines is 1. The van der Waals surface area contributed by atoms with Crippen LogP contribution in [0.3, 0.4) is 0 Å². The minimum absolute atomic E-state index is 0.233. The van der Waals surface area contributed by atoms with Crippen LogP contribution in [-0.4, -0.2) is 11.9 Å². The van der Waals surface area contributed by atoms with E-state index in [1.807, 2.05) is 30.3 Å². The van der Waals surface area contributed by atoms with E-state index in [2.05, 4.69) is 10.9 Å². The van der Waals surface area contributed by atoms with Gasteiger partial charge in [-0.05, 0) is 19.1 Å². The zero-order valence-corrected chi connectivity index (χ0v) is 7.45. The van der Waals surface area contributed by atoms with Crippen LogP contribution in [0.15, 0.2) is 30.3 Å². The molecule has 0 heterocycles. The fourth-order valence-electron chi connectivity index (χ4n) is 0.769. The third-order valence-electron chi connectivity index (χ3n) is 1.52. The van der Waals surface area contributed by atoms with Gasteiger partial charge in [0.2, 0.25) is 0 Å². The van der Waals surface area contributed by atoms with Crippen LogP contribution in [0, 0.1) is 0 Å². The van der Waals surface area contributed by atoms with Crippen LogP contribution in [0.5, 0.6) is 0 Å². The highest BCUT2D eigenvalue weighted by Crippen LogP contribution is 2.02. The SMILES string of the molecule is CC(N)C(=O)NNc1ccccc1. The van der Waals surface area contributed by atoms with E-state index in [-0.39, 0.29) is 5.91 Å². The first-order chi connectivity index (χ1) is 6.20. The monoisotopic (exact) mass is 179 g/mol. The van der Waals surface area contributed by atoms with E-state index in [4.69, 9.17) is 5.73 Å². The van der Waals surface area contributed by atoms with Crippen molar-refractivity contribution in [2.75, 3.05) is 5.43 Å². The normalized spacial score (nSPS) is 11.8. The summed E-state index contributed by atoms with van der Waals surface area (Å²) in [5, 5.41) is 0. The Bertz CT molecular complexity index is 271. The molecule has 0 aliphatic carbocycles. The molecule has 1 aromatic carbocycles. The second kappa shape index (κ2) is 4.47. The number of amides is 1. The molecule has 0 bridgehead atoms. The molecule has 70 valence electrons. The highest BCUT2D eigenvalue weighted by Gasteiger charge is 2.04. The van der Waals surface area contributed by atoms with Gasteiger partial charge in [0, 0.05) is 0 Å². The molecule has 4 N–H and O–H groups in total. The summed E-state index contributed by atoms with van der Waals surface area (Å²) in [6.07, 6.45) is 0. The third-order valence-corrected chi connectivity index (χ3v) is 1.52. The number of carbonyl (C=O) groups is 1. The second-order valence-electron chi connectivity index (χ2n) is 2.77. The molecule has 4 nitrogen and oxygen atoms in total. The van der Waals surface area contributed by atoms with Gasteiger partial charge in [-0.1, -0.05) is 18.2 Å². The minimum atomic E-state index is -0.504. The maximum absolute atomic E-state index is 11.0. The Labute approximate surface area is 77.1 Å². The molecule has 0 aromatic heterocycles. The first-order valence-corrected chi connectivity index (χ1v) is 4.06. The summed E-state index contributed by atoms with van der Waals surface area (Å²) < 4.78 is 0. The Kier molecular flexibility index (Phi) is 3.28. The Morgan fingerprint density at radius 1 is 1.38 bits per heavy atom. The molecule has 0 aliphatic heterocycles. The van der Waals surface area contributed by atoms with E-state index in [0.717, 1.165) is 5.69 Å². The standard InChI is InChI=1S/C9H13N3O/c1-7(10)9(13)12-11-8-5-3-2-4-6-8/h2-7,11H,10H2,1H3,(H,12,13). The lowest BCUT2D eigenvalue weighted by Crippen LogP contribution is -2.41. The van der Waals surface area contributed by atoms with Gasteiger partial charge < -0.3 is 5.73 Å². The number of hydrogen-bond donors (Lipinski definition) is 3. The number of rotatable bonds is 3. The zero-order chi connectivity index (χ0) is 9.68. The van der Waals surface area contributed by atoms with Gasteiger partial charge in [0.05, 0.1) is 11.7 Å². The number of hydrogen-bond acceptors (Lipinski definition) is 3. The van der Waals surface area contributed by atoms with Gasteiger partial charge in [-0.2, -0.15) is 0 Å². The molecule has 1 amide bonds. The highest BCUT2D eigenvalue weighted by molar-refractivity contribution is 5.82. The maximum atomic E-state index is 11.0. The summed E-state index contributed by atoms with van der Waals surface area (Å²) in [6.45, 7) is 1.63. The number of para-hydroxylation sites is 1. The van der Waals surface area contributed by atoms with Crippen molar-refractivity contribution in [2.24, 2.45) is 5.73 Å². The molecule has 0 spiro atoms. The molecule has 4 heteroatoms.